The summed E-state index contributed by atoms with van der Waals surface area (Å²) in [5, 5.41) is 6.77. The number of halogens is 1. The Labute approximate surface area is 163 Å². The van der Waals surface area contributed by atoms with E-state index in [1.54, 1.807) is 24.3 Å². The molecule has 1 aromatic heterocycles. The monoisotopic (exact) mass is 386 g/mol. The second-order valence-electron chi connectivity index (χ2n) is 6.10. The number of aryl methyl sites for hydroxylation is 1. The number of imidazole rings is 1. The highest BCUT2D eigenvalue weighted by atomic mass is 35.5. The standard InChI is InChI=1S/C20H23ClN4O2/c1-2-13-25-18-6-4-3-5-17(18)24-20(25)23-12-11-22-19(26)14-27-16-9-7-15(21)8-10-16/h3-10H,2,11-14H2,1H3,(H,22,26)(H,23,24). The molecule has 1 heterocycles. The van der Waals surface area contributed by atoms with Crippen molar-refractivity contribution in [2.75, 3.05) is 25.0 Å². The molecule has 3 aromatic rings. The van der Waals surface area contributed by atoms with Gasteiger partial charge in [0.2, 0.25) is 5.95 Å². The van der Waals surface area contributed by atoms with Crippen LogP contribution in [0.1, 0.15) is 13.3 Å². The van der Waals surface area contributed by atoms with Gasteiger partial charge in [-0.3, -0.25) is 4.79 Å². The summed E-state index contributed by atoms with van der Waals surface area (Å²) in [5.41, 5.74) is 2.08. The summed E-state index contributed by atoms with van der Waals surface area (Å²) in [6.45, 7) is 4.07. The molecule has 6 nitrogen and oxygen atoms in total. The molecule has 2 aromatic carbocycles. The number of hydrogen-bond donors (Lipinski definition) is 2. The number of carbonyl (C=O) groups excluding carboxylic acids is 1. The molecular weight excluding hydrogens is 364 g/mol. The van der Waals surface area contributed by atoms with Crippen molar-refractivity contribution >= 4 is 34.5 Å². The van der Waals surface area contributed by atoms with Gasteiger partial charge in [0.1, 0.15) is 5.75 Å². The maximum absolute atomic E-state index is 11.9. The largest absolute Gasteiger partial charge is 0.484 e. The van der Waals surface area contributed by atoms with E-state index >= 15 is 0 Å². The van der Waals surface area contributed by atoms with E-state index in [4.69, 9.17) is 16.3 Å². The molecular formula is C20H23ClN4O2. The van der Waals surface area contributed by atoms with Crippen LogP contribution in [-0.2, 0) is 11.3 Å². The van der Waals surface area contributed by atoms with E-state index in [2.05, 4.69) is 33.2 Å². The van der Waals surface area contributed by atoms with Crippen LogP contribution in [0, 0.1) is 0 Å². The molecule has 0 atom stereocenters. The Kier molecular flexibility index (Phi) is 6.54. The van der Waals surface area contributed by atoms with Crippen LogP contribution >= 0.6 is 11.6 Å². The van der Waals surface area contributed by atoms with Crippen molar-refractivity contribution in [2.45, 2.75) is 19.9 Å². The maximum atomic E-state index is 11.9. The van der Waals surface area contributed by atoms with Crippen molar-refractivity contribution in [3.63, 3.8) is 0 Å². The van der Waals surface area contributed by atoms with Crippen LogP contribution in [0.25, 0.3) is 11.0 Å². The molecule has 0 spiro atoms. The minimum absolute atomic E-state index is 0.0318. The number of amides is 1. The van der Waals surface area contributed by atoms with Gasteiger partial charge >= 0.3 is 0 Å². The van der Waals surface area contributed by atoms with Gasteiger partial charge in [0, 0.05) is 24.7 Å². The molecule has 0 radical (unpaired) electrons. The van der Waals surface area contributed by atoms with E-state index in [0.717, 1.165) is 29.9 Å². The third kappa shape index (κ3) is 5.14. The average Bonchev–Trinajstić information content (AvgIpc) is 3.03. The number of ether oxygens (including phenoxy) is 1. The molecule has 3 rings (SSSR count). The van der Waals surface area contributed by atoms with Crippen molar-refractivity contribution in [2.24, 2.45) is 0 Å². The van der Waals surface area contributed by atoms with E-state index in [9.17, 15) is 4.79 Å². The molecule has 0 unspecified atom stereocenters. The van der Waals surface area contributed by atoms with Crippen LogP contribution < -0.4 is 15.4 Å². The van der Waals surface area contributed by atoms with E-state index < -0.39 is 0 Å². The molecule has 0 aliphatic carbocycles. The first-order valence-corrected chi connectivity index (χ1v) is 9.39. The van der Waals surface area contributed by atoms with E-state index in [1.807, 2.05) is 18.2 Å². The van der Waals surface area contributed by atoms with E-state index in [0.29, 0.717) is 23.9 Å². The highest BCUT2D eigenvalue weighted by Crippen LogP contribution is 2.19. The summed E-state index contributed by atoms with van der Waals surface area (Å²) < 4.78 is 7.59. The second kappa shape index (κ2) is 9.28. The lowest BCUT2D eigenvalue weighted by atomic mass is 10.3. The number of benzene rings is 2. The van der Waals surface area contributed by atoms with Crippen molar-refractivity contribution in [1.29, 1.82) is 0 Å². The minimum atomic E-state index is -0.172. The first-order chi connectivity index (χ1) is 13.2. The summed E-state index contributed by atoms with van der Waals surface area (Å²) in [6.07, 6.45) is 1.02. The first-order valence-electron chi connectivity index (χ1n) is 9.01. The van der Waals surface area contributed by atoms with Gasteiger partial charge < -0.3 is 19.9 Å². The van der Waals surface area contributed by atoms with Crippen molar-refractivity contribution < 1.29 is 9.53 Å². The van der Waals surface area contributed by atoms with Crippen molar-refractivity contribution in [1.82, 2.24) is 14.9 Å². The Morgan fingerprint density at radius 1 is 1.15 bits per heavy atom. The number of hydrogen-bond acceptors (Lipinski definition) is 4. The Morgan fingerprint density at radius 2 is 1.93 bits per heavy atom. The van der Waals surface area contributed by atoms with Crippen molar-refractivity contribution in [3.8, 4) is 5.75 Å². The third-order valence-corrected chi connectivity index (χ3v) is 4.27. The van der Waals surface area contributed by atoms with Crippen LogP contribution in [0.3, 0.4) is 0 Å². The lowest BCUT2D eigenvalue weighted by Crippen LogP contribution is -2.33. The molecule has 7 heteroatoms. The van der Waals surface area contributed by atoms with Crippen LogP contribution in [0.4, 0.5) is 5.95 Å². The Balaban J connectivity index is 1.45. The fourth-order valence-electron chi connectivity index (χ4n) is 2.77. The first kappa shape index (κ1) is 19.0. The van der Waals surface area contributed by atoms with Gasteiger partial charge in [0.25, 0.3) is 5.91 Å². The highest BCUT2D eigenvalue weighted by Gasteiger charge is 2.09. The summed E-state index contributed by atoms with van der Waals surface area (Å²) >= 11 is 5.82. The molecule has 0 aliphatic rings. The second-order valence-corrected chi connectivity index (χ2v) is 6.53. The summed E-state index contributed by atoms with van der Waals surface area (Å²) in [5.74, 6) is 1.26. The minimum Gasteiger partial charge on any atom is -0.484 e. The summed E-state index contributed by atoms with van der Waals surface area (Å²) in [7, 11) is 0. The van der Waals surface area contributed by atoms with Gasteiger partial charge in [-0.05, 0) is 42.8 Å². The highest BCUT2D eigenvalue weighted by molar-refractivity contribution is 6.30. The normalized spacial score (nSPS) is 10.7. The molecule has 0 saturated heterocycles. The van der Waals surface area contributed by atoms with Gasteiger partial charge in [-0.2, -0.15) is 0 Å². The Morgan fingerprint density at radius 3 is 2.70 bits per heavy atom. The van der Waals surface area contributed by atoms with Gasteiger partial charge in [-0.25, -0.2) is 4.98 Å². The predicted octanol–water partition coefficient (Wildman–Crippen LogP) is 3.71. The fourth-order valence-corrected chi connectivity index (χ4v) is 2.89. The smallest absolute Gasteiger partial charge is 0.258 e. The zero-order chi connectivity index (χ0) is 19.1. The van der Waals surface area contributed by atoms with Crippen LogP contribution in [0.15, 0.2) is 48.5 Å². The average molecular weight is 387 g/mol. The molecule has 27 heavy (non-hydrogen) atoms. The quantitative estimate of drug-likeness (QED) is 0.550. The van der Waals surface area contributed by atoms with Crippen LogP contribution in [0.2, 0.25) is 5.02 Å². The molecule has 1 amide bonds. The van der Waals surface area contributed by atoms with E-state index in [-0.39, 0.29) is 12.5 Å². The van der Waals surface area contributed by atoms with E-state index in [1.165, 1.54) is 0 Å². The summed E-state index contributed by atoms with van der Waals surface area (Å²) in [6, 6.07) is 15.0. The Hall–Kier alpha value is -2.73. The van der Waals surface area contributed by atoms with Crippen molar-refractivity contribution in [3.05, 3.63) is 53.6 Å². The number of rotatable bonds is 9. The van der Waals surface area contributed by atoms with Gasteiger partial charge in [-0.15, -0.1) is 0 Å². The maximum Gasteiger partial charge on any atom is 0.258 e. The van der Waals surface area contributed by atoms with Gasteiger partial charge in [-0.1, -0.05) is 30.7 Å². The molecule has 142 valence electrons. The van der Waals surface area contributed by atoms with Gasteiger partial charge in [0.05, 0.1) is 11.0 Å². The number of aromatic nitrogens is 2. The van der Waals surface area contributed by atoms with Gasteiger partial charge in [0.15, 0.2) is 6.61 Å². The fraction of sp³-hybridized carbons (Fsp3) is 0.300. The number of anilines is 1. The number of fused-ring (bicyclic) bond motifs is 1. The molecule has 0 fully saturated rings. The molecule has 2 N–H and O–H groups in total. The lowest BCUT2D eigenvalue weighted by Gasteiger charge is -2.11. The topological polar surface area (TPSA) is 68.2 Å². The van der Waals surface area contributed by atoms with Crippen LogP contribution in [0.5, 0.6) is 5.75 Å². The zero-order valence-electron chi connectivity index (χ0n) is 15.2. The number of nitrogens with zero attached hydrogens (tertiary/aromatic N) is 2. The molecule has 0 bridgehead atoms. The SMILES string of the molecule is CCCn1c(NCCNC(=O)COc2ccc(Cl)cc2)nc2ccccc21. The summed E-state index contributed by atoms with van der Waals surface area (Å²) in [4.78, 5) is 16.5. The Bertz CT molecular complexity index is 893. The lowest BCUT2D eigenvalue weighted by molar-refractivity contribution is -0.123. The predicted molar refractivity (Wildman–Crippen MR) is 108 cm³/mol. The third-order valence-electron chi connectivity index (χ3n) is 4.02. The molecule has 0 saturated carbocycles. The number of para-hydroxylation sites is 2. The number of carbonyl (C=O) groups is 1. The number of nitrogens with one attached hydrogen (secondary N) is 2. The molecule has 0 aliphatic heterocycles. The van der Waals surface area contributed by atoms with Crippen LogP contribution in [-0.4, -0.2) is 35.2 Å². The zero-order valence-corrected chi connectivity index (χ0v) is 16.0.